The SMILES string of the molecule is CC[C@H]1[C@@H](OC(C)=O)[C@H](n2cnc3c(Cl)ncnc32)O[C@@H]1CC. The minimum Gasteiger partial charge on any atom is -0.457 e. The number of aromatic nitrogens is 4. The monoisotopic (exact) mass is 338 g/mol. The second-order valence-corrected chi connectivity index (χ2v) is 5.97. The lowest BCUT2D eigenvalue weighted by molar-refractivity contribution is -0.153. The molecule has 0 saturated carbocycles. The van der Waals surface area contributed by atoms with E-state index in [1.807, 2.05) is 0 Å². The Kier molecular flexibility index (Phi) is 4.50. The molecule has 0 aliphatic carbocycles. The van der Waals surface area contributed by atoms with E-state index in [1.165, 1.54) is 13.3 Å². The van der Waals surface area contributed by atoms with E-state index in [9.17, 15) is 4.79 Å². The second-order valence-electron chi connectivity index (χ2n) is 5.61. The predicted molar refractivity (Wildman–Crippen MR) is 83.9 cm³/mol. The summed E-state index contributed by atoms with van der Waals surface area (Å²) in [6.07, 6.45) is 3.86. The van der Waals surface area contributed by atoms with Crippen molar-refractivity contribution in [3.63, 3.8) is 0 Å². The highest BCUT2D eigenvalue weighted by molar-refractivity contribution is 6.33. The lowest BCUT2D eigenvalue weighted by Gasteiger charge is -2.23. The zero-order valence-corrected chi connectivity index (χ0v) is 14.0. The van der Waals surface area contributed by atoms with Gasteiger partial charge < -0.3 is 9.47 Å². The van der Waals surface area contributed by atoms with Gasteiger partial charge in [0, 0.05) is 12.8 Å². The third-order valence-electron chi connectivity index (χ3n) is 4.26. The largest absolute Gasteiger partial charge is 0.457 e. The molecular formula is C15H19ClN4O3. The summed E-state index contributed by atoms with van der Waals surface area (Å²) in [6.45, 7) is 5.54. The van der Waals surface area contributed by atoms with E-state index < -0.39 is 6.23 Å². The highest BCUT2D eigenvalue weighted by atomic mass is 35.5. The minimum atomic E-state index is -0.468. The van der Waals surface area contributed by atoms with Crippen molar-refractivity contribution in [3.8, 4) is 0 Å². The lowest BCUT2D eigenvalue weighted by atomic mass is 9.93. The minimum absolute atomic E-state index is 0.0177. The van der Waals surface area contributed by atoms with Crippen molar-refractivity contribution < 1.29 is 14.3 Å². The number of fused-ring (bicyclic) bond motifs is 1. The third-order valence-corrected chi connectivity index (χ3v) is 4.54. The van der Waals surface area contributed by atoms with Crippen LogP contribution in [0.5, 0.6) is 0 Å². The van der Waals surface area contributed by atoms with Crippen molar-refractivity contribution >= 4 is 28.7 Å². The molecule has 8 heteroatoms. The lowest BCUT2D eigenvalue weighted by Crippen LogP contribution is -2.30. The van der Waals surface area contributed by atoms with Gasteiger partial charge in [-0.2, -0.15) is 0 Å². The number of carbonyl (C=O) groups excluding carboxylic acids is 1. The van der Waals surface area contributed by atoms with E-state index in [2.05, 4.69) is 28.8 Å². The van der Waals surface area contributed by atoms with Gasteiger partial charge >= 0.3 is 5.97 Å². The van der Waals surface area contributed by atoms with Gasteiger partial charge in [0.05, 0.1) is 12.4 Å². The summed E-state index contributed by atoms with van der Waals surface area (Å²) in [5, 5.41) is 0.287. The summed E-state index contributed by atoms with van der Waals surface area (Å²) in [7, 11) is 0. The summed E-state index contributed by atoms with van der Waals surface area (Å²) in [5.74, 6) is -0.195. The molecule has 3 rings (SSSR count). The molecule has 1 aliphatic heterocycles. The first-order valence-corrected chi connectivity index (χ1v) is 8.10. The Morgan fingerprint density at radius 2 is 2.13 bits per heavy atom. The maximum absolute atomic E-state index is 11.5. The van der Waals surface area contributed by atoms with E-state index >= 15 is 0 Å². The molecule has 0 radical (unpaired) electrons. The summed E-state index contributed by atoms with van der Waals surface area (Å²) in [5.41, 5.74) is 1.08. The number of nitrogens with zero attached hydrogens (tertiary/aromatic N) is 4. The normalized spacial score (nSPS) is 27.5. The summed E-state index contributed by atoms with van der Waals surface area (Å²) < 4.78 is 13.5. The number of imidazole rings is 1. The summed E-state index contributed by atoms with van der Waals surface area (Å²) >= 11 is 6.06. The van der Waals surface area contributed by atoms with Gasteiger partial charge in [-0.3, -0.25) is 9.36 Å². The Hall–Kier alpha value is -1.73. The molecule has 0 bridgehead atoms. The first kappa shape index (κ1) is 16.1. The Balaban J connectivity index is 2.04. The van der Waals surface area contributed by atoms with Gasteiger partial charge in [0.2, 0.25) is 0 Å². The fourth-order valence-electron chi connectivity index (χ4n) is 3.25. The molecule has 4 atom stereocenters. The molecule has 0 spiro atoms. The third kappa shape index (κ3) is 2.79. The van der Waals surface area contributed by atoms with Crippen LogP contribution in [-0.4, -0.2) is 37.7 Å². The van der Waals surface area contributed by atoms with Crippen molar-refractivity contribution in [2.45, 2.75) is 52.0 Å². The fraction of sp³-hybridized carbons (Fsp3) is 0.600. The Bertz CT molecular complexity index is 720. The van der Waals surface area contributed by atoms with Crippen LogP contribution in [0.25, 0.3) is 11.2 Å². The average molecular weight is 339 g/mol. The Morgan fingerprint density at radius 1 is 1.35 bits per heavy atom. The molecule has 0 amide bonds. The molecule has 1 aliphatic rings. The van der Waals surface area contributed by atoms with Crippen LogP contribution < -0.4 is 0 Å². The van der Waals surface area contributed by atoms with Crippen LogP contribution >= 0.6 is 11.6 Å². The molecule has 7 nitrogen and oxygen atoms in total. The molecule has 1 fully saturated rings. The molecule has 23 heavy (non-hydrogen) atoms. The molecule has 124 valence electrons. The van der Waals surface area contributed by atoms with Crippen LogP contribution in [-0.2, 0) is 14.3 Å². The zero-order chi connectivity index (χ0) is 16.6. The molecule has 3 heterocycles. The van der Waals surface area contributed by atoms with Crippen molar-refractivity contribution in [1.29, 1.82) is 0 Å². The highest BCUT2D eigenvalue weighted by Gasteiger charge is 2.46. The van der Waals surface area contributed by atoms with E-state index in [4.69, 9.17) is 21.1 Å². The van der Waals surface area contributed by atoms with Crippen molar-refractivity contribution in [2.75, 3.05) is 0 Å². The highest BCUT2D eigenvalue weighted by Crippen LogP contribution is 2.40. The number of hydrogen-bond acceptors (Lipinski definition) is 6. The van der Waals surface area contributed by atoms with Gasteiger partial charge in [0.1, 0.15) is 11.8 Å². The second kappa shape index (κ2) is 6.41. The Labute approximate surface area is 139 Å². The van der Waals surface area contributed by atoms with E-state index in [1.54, 1.807) is 10.9 Å². The molecule has 1 saturated heterocycles. The first-order chi connectivity index (χ1) is 11.1. The standard InChI is InChI=1S/C15H19ClN4O3/c1-4-9-10(5-2)23-15(12(9)22-8(3)21)20-7-19-11-13(16)17-6-18-14(11)20/h6-7,9-10,12,15H,4-5H2,1-3H3/t9-,10-,12-,15-/m1/s1. The summed E-state index contributed by atoms with van der Waals surface area (Å²) in [6, 6.07) is 0. The van der Waals surface area contributed by atoms with Crippen LogP contribution in [0.15, 0.2) is 12.7 Å². The van der Waals surface area contributed by atoms with E-state index in [0.717, 1.165) is 12.8 Å². The molecule has 0 aromatic carbocycles. The number of rotatable bonds is 4. The quantitative estimate of drug-likeness (QED) is 0.630. The van der Waals surface area contributed by atoms with Crippen LogP contribution in [0.3, 0.4) is 0 Å². The first-order valence-electron chi connectivity index (χ1n) is 7.72. The van der Waals surface area contributed by atoms with Crippen LogP contribution in [0, 0.1) is 5.92 Å². The van der Waals surface area contributed by atoms with E-state index in [0.29, 0.717) is 11.2 Å². The van der Waals surface area contributed by atoms with Crippen LogP contribution in [0.2, 0.25) is 5.15 Å². The molecule has 2 aromatic rings. The fourth-order valence-corrected chi connectivity index (χ4v) is 3.42. The number of halogens is 1. The van der Waals surface area contributed by atoms with Crippen molar-refractivity contribution in [1.82, 2.24) is 19.5 Å². The van der Waals surface area contributed by atoms with Gasteiger partial charge in [-0.1, -0.05) is 25.4 Å². The van der Waals surface area contributed by atoms with E-state index in [-0.39, 0.29) is 29.2 Å². The van der Waals surface area contributed by atoms with Gasteiger partial charge in [0.25, 0.3) is 0 Å². The number of ether oxygens (including phenoxy) is 2. The van der Waals surface area contributed by atoms with Gasteiger partial charge in [0.15, 0.2) is 23.1 Å². The summed E-state index contributed by atoms with van der Waals surface area (Å²) in [4.78, 5) is 24.0. The number of carbonyl (C=O) groups is 1. The predicted octanol–water partition coefficient (Wildman–Crippen LogP) is 2.75. The Morgan fingerprint density at radius 3 is 2.78 bits per heavy atom. The number of esters is 1. The van der Waals surface area contributed by atoms with Gasteiger partial charge in [-0.05, 0) is 12.8 Å². The smallest absolute Gasteiger partial charge is 0.303 e. The van der Waals surface area contributed by atoms with Crippen molar-refractivity contribution in [2.24, 2.45) is 5.92 Å². The maximum atomic E-state index is 11.5. The topological polar surface area (TPSA) is 79.1 Å². The van der Waals surface area contributed by atoms with Crippen LogP contribution in [0.1, 0.15) is 39.8 Å². The maximum Gasteiger partial charge on any atom is 0.303 e. The van der Waals surface area contributed by atoms with Gasteiger partial charge in [-0.15, -0.1) is 0 Å². The molecular weight excluding hydrogens is 320 g/mol. The van der Waals surface area contributed by atoms with Gasteiger partial charge in [-0.25, -0.2) is 15.0 Å². The zero-order valence-electron chi connectivity index (χ0n) is 13.3. The molecule has 0 unspecified atom stereocenters. The molecule has 0 N–H and O–H groups in total. The average Bonchev–Trinajstić information content (AvgIpc) is 3.08. The van der Waals surface area contributed by atoms with Crippen molar-refractivity contribution in [3.05, 3.63) is 17.8 Å². The molecule has 2 aromatic heterocycles. The number of hydrogen-bond donors (Lipinski definition) is 0. The van der Waals surface area contributed by atoms with Crippen LogP contribution in [0.4, 0.5) is 0 Å².